The van der Waals surface area contributed by atoms with Crippen LogP contribution in [-0.4, -0.2) is 40.8 Å². The predicted octanol–water partition coefficient (Wildman–Crippen LogP) is 3.29. The molecule has 148 valence electrons. The number of rotatable bonds is 6. The van der Waals surface area contributed by atoms with Crippen LogP contribution in [0.2, 0.25) is 0 Å². The molecule has 1 unspecified atom stereocenters. The molecular formula is C20H16N2O7. The molecule has 1 heterocycles. The number of para-hydroxylation sites is 1. The number of carbonyl (C=O) groups is 3. The molecule has 2 aromatic carbocycles. The van der Waals surface area contributed by atoms with E-state index in [9.17, 15) is 24.5 Å². The number of fused-ring (bicyclic) bond motifs is 1. The Hall–Kier alpha value is -4.01. The summed E-state index contributed by atoms with van der Waals surface area (Å²) >= 11 is 0. The third-order valence-electron chi connectivity index (χ3n) is 4.29. The van der Waals surface area contributed by atoms with E-state index in [1.54, 1.807) is 18.2 Å². The number of nitrogens with zero attached hydrogens (tertiary/aromatic N) is 1. The second-order valence-corrected chi connectivity index (χ2v) is 6.18. The number of Topliss-reactive ketones (excluding diaryl/α,β-unsaturated/α-hetero) is 1. The lowest BCUT2D eigenvalue weighted by Crippen LogP contribution is -2.24. The number of hydrogen-bond donors (Lipinski definition) is 1. The Morgan fingerprint density at radius 3 is 2.38 bits per heavy atom. The van der Waals surface area contributed by atoms with Gasteiger partial charge in [0.25, 0.3) is 5.69 Å². The number of H-pyrrole nitrogens is 1. The van der Waals surface area contributed by atoms with E-state index in [2.05, 4.69) is 9.72 Å². The summed E-state index contributed by atoms with van der Waals surface area (Å²) in [5.74, 6) is -2.25. The number of non-ortho nitro benzene ring substituents is 1. The molecule has 3 rings (SSSR count). The van der Waals surface area contributed by atoms with E-state index in [0.29, 0.717) is 10.9 Å². The summed E-state index contributed by atoms with van der Waals surface area (Å²) in [4.78, 5) is 50.2. The number of ether oxygens (including phenoxy) is 2. The van der Waals surface area contributed by atoms with Crippen molar-refractivity contribution in [3.8, 4) is 0 Å². The van der Waals surface area contributed by atoms with Crippen LogP contribution in [-0.2, 0) is 9.47 Å². The number of ketones is 1. The van der Waals surface area contributed by atoms with Crippen molar-refractivity contribution in [2.75, 3.05) is 7.11 Å². The first-order valence-electron chi connectivity index (χ1n) is 8.51. The molecule has 0 saturated carbocycles. The van der Waals surface area contributed by atoms with Crippen LogP contribution < -0.4 is 0 Å². The predicted molar refractivity (Wildman–Crippen MR) is 102 cm³/mol. The minimum Gasteiger partial charge on any atom is -0.465 e. The van der Waals surface area contributed by atoms with E-state index in [-0.39, 0.29) is 11.1 Å². The minimum absolute atomic E-state index is 0.177. The fourth-order valence-electron chi connectivity index (χ4n) is 2.85. The highest BCUT2D eigenvalue weighted by atomic mass is 16.6. The van der Waals surface area contributed by atoms with Crippen molar-refractivity contribution in [1.29, 1.82) is 0 Å². The van der Waals surface area contributed by atoms with Crippen molar-refractivity contribution < 1.29 is 28.8 Å². The van der Waals surface area contributed by atoms with Gasteiger partial charge in [-0.15, -0.1) is 0 Å². The molecule has 0 bridgehead atoms. The number of hydrogen-bond acceptors (Lipinski definition) is 7. The fraction of sp³-hybridized carbons (Fsp3) is 0.150. The number of esters is 2. The van der Waals surface area contributed by atoms with Crippen molar-refractivity contribution in [1.82, 2.24) is 4.98 Å². The third kappa shape index (κ3) is 3.98. The molecule has 1 aromatic heterocycles. The van der Waals surface area contributed by atoms with Crippen molar-refractivity contribution >= 4 is 34.3 Å². The summed E-state index contributed by atoms with van der Waals surface area (Å²) in [5, 5.41) is 11.8. The summed E-state index contributed by atoms with van der Waals surface area (Å²) in [7, 11) is 1.11. The van der Waals surface area contributed by atoms with Gasteiger partial charge in [0.15, 0.2) is 6.10 Å². The monoisotopic (exact) mass is 396 g/mol. The number of carbonyl (C=O) groups excluding carboxylic acids is 3. The Kier molecular flexibility index (Phi) is 5.40. The molecule has 0 aliphatic heterocycles. The van der Waals surface area contributed by atoms with E-state index < -0.39 is 34.4 Å². The van der Waals surface area contributed by atoms with Crippen LogP contribution in [0.25, 0.3) is 10.9 Å². The van der Waals surface area contributed by atoms with Crippen LogP contribution in [0.5, 0.6) is 0 Å². The van der Waals surface area contributed by atoms with Gasteiger partial charge < -0.3 is 14.5 Å². The zero-order chi connectivity index (χ0) is 21.1. The highest BCUT2D eigenvalue weighted by Gasteiger charge is 2.25. The Balaban J connectivity index is 1.85. The highest BCUT2D eigenvalue weighted by molar-refractivity contribution is 6.10. The zero-order valence-corrected chi connectivity index (χ0v) is 15.5. The summed E-state index contributed by atoms with van der Waals surface area (Å²) < 4.78 is 9.74. The van der Waals surface area contributed by atoms with Crippen LogP contribution in [0.4, 0.5) is 5.69 Å². The maximum absolute atomic E-state index is 12.7. The lowest BCUT2D eigenvalue weighted by atomic mass is 10.1. The Morgan fingerprint density at radius 1 is 1.07 bits per heavy atom. The second-order valence-electron chi connectivity index (χ2n) is 6.18. The molecular weight excluding hydrogens is 380 g/mol. The quantitative estimate of drug-likeness (QED) is 0.293. The molecule has 3 aromatic rings. The molecule has 1 atom stereocenters. The molecule has 9 heteroatoms. The average Bonchev–Trinajstić information content (AvgIpc) is 3.16. The maximum atomic E-state index is 12.7. The summed E-state index contributed by atoms with van der Waals surface area (Å²) in [6, 6.07) is 10.2. The number of nitrogens with one attached hydrogen (secondary N) is 1. The van der Waals surface area contributed by atoms with Gasteiger partial charge in [0.2, 0.25) is 5.78 Å². The molecule has 0 aliphatic carbocycles. The van der Waals surface area contributed by atoms with E-state index >= 15 is 0 Å². The number of benzene rings is 2. The number of aromatic nitrogens is 1. The Bertz CT molecular complexity index is 1130. The van der Waals surface area contributed by atoms with Gasteiger partial charge in [-0.25, -0.2) is 9.59 Å². The molecule has 0 radical (unpaired) electrons. The van der Waals surface area contributed by atoms with Crippen LogP contribution in [0.15, 0.2) is 48.7 Å². The molecule has 29 heavy (non-hydrogen) atoms. The van der Waals surface area contributed by atoms with Crippen LogP contribution >= 0.6 is 0 Å². The maximum Gasteiger partial charge on any atom is 0.339 e. The van der Waals surface area contributed by atoms with Gasteiger partial charge in [-0.05, 0) is 19.1 Å². The van der Waals surface area contributed by atoms with E-state index in [1.165, 1.54) is 13.1 Å². The van der Waals surface area contributed by atoms with E-state index in [4.69, 9.17) is 4.74 Å². The topological polar surface area (TPSA) is 129 Å². The standard InChI is InChI=1S/C20H16N2O7/c1-11(18(23)16-10-21-17-6-4-3-5-15(16)17)29-20(25)13-7-12(19(24)28-2)8-14(9-13)22(26)27/h3-11,21H,1-2H3. The SMILES string of the molecule is COC(=O)c1cc(C(=O)OC(C)C(=O)c2c[nH]c3ccccc23)cc([N+](=O)[O-])c1. The highest BCUT2D eigenvalue weighted by Crippen LogP contribution is 2.22. The van der Waals surface area contributed by atoms with Crippen molar-refractivity contribution in [3.05, 3.63) is 75.5 Å². The number of methoxy groups -OCH3 is 1. The Labute approximate surface area is 164 Å². The van der Waals surface area contributed by atoms with Gasteiger partial charge >= 0.3 is 11.9 Å². The smallest absolute Gasteiger partial charge is 0.339 e. The normalized spacial score (nSPS) is 11.7. The fourth-order valence-corrected chi connectivity index (χ4v) is 2.85. The number of aromatic amines is 1. The largest absolute Gasteiger partial charge is 0.465 e. The molecule has 1 N–H and O–H groups in total. The number of nitro benzene ring substituents is 1. The summed E-state index contributed by atoms with van der Waals surface area (Å²) in [6.07, 6.45) is 0.377. The lowest BCUT2D eigenvalue weighted by molar-refractivity contribution is -0.384. The van der Waals surface area contributed by atoms with Crippen molar-refractivity contribution in [2.45, 2.75) is 13.0 Å². The van der Waals surface area contributed by atoms with Gasteiger partial charge in [0.05, 0.1) is 23.2 Å². The average molecular weight is 396 g/mol. The zero-order valence-electron chi connectivity index (χ0n) is 15.5. The molecule has 0 spiro atoms. The van der Waals surface area contributed by atoms with Gasteiger partial charge in [-0.2, -0.15) is 0 Å². The van der Waals surface area contributed by atoms with Gasteiger partial charge in [-0.1, -0.05) is 18.2 Å². The van der Waals surface area contributed by atoms with Crippen LogP contribution in [0.1, 0.15) is 38.0 Å². The molecule has 0 aliphatic rings. The van der Waals surface area contributed by atoms with E-state index in [0.717, 1.165) is 30.8 Å². The first-order chi connectivity index (χ1) is 13.8. The second kappa shape index (κ2) is 7.93. The van der Waals surface area contributed by atoms with Crippen LogP contribution in [0.3, 0.4) is 0 Å². The van der Waals surface area contributed by atoms with Gasteiger partial charge in [-0.3, -0.25) is 14.9 Å². The Morgan fingerprint density at radius 2 is 1.72 bits per heavy atom. The lowest BCUT2D eigenvalue weighted by Gasteiger charge is -2.12. The first kappa shape index (κ1) is 19.7. The van der Waals surface area contributed by atoms with Crippen molar-refractivity contribution in [3.63, 3.8) is 0 Å². The number of nitro groups is 1. The van der Waals surface area contributed by atoms with Gasteiger partial charge in [0, 0.05) is 34.8 Å². The summed E-state index contributed by atoms with van der Waals surface area (Å²) in [6.45, 7) is 1.40. The minimum atomic E-state index is -1.15. The molecule has 0 saturated heterocycles. The molecule has 0 fully saturated rings. The van der Waals surface area contributed by atoms with Gasteiger partial charge in [0.1, 0.15) is 0 Å². The molecule has 9 nitrogen and oxygen atoms in total. The third-order valence-corrected chi connectivity index (χ3v) is 4.29. The first-order valence-corrected chi connectivity index (χ1v) is 8.51. The van der Waals surface area contributed by atoms with Crippen LogP contribution in [0, 0.1) is 10.1 Å². The van der Waals surface area contributed by atoms with E-state index in [1.807, 2.05) is 6.07 Å². The molecule has 0 amide bonds. The van der Waals surface area contributed by atoms with Crippen molar-refractivity contribution in [2.24, 2.45) is 0 Å². The summed E-state index contributed by atoms with van der Waals surface area (Å²) in [5.41, 5.74) is 0.226.